The molecule has 0 aliphatic heterocycles. The molecule has 0 atom stereocenters. The van der Waals surface area contributed by atoms with Crippen LogP contribution in [0.25, 0.3) is 0 Å². The normalized spacial score (nSPS) is 10.9. The van der Waals surface area contributed by atoms with Gasteiger partial charge in [-0.1, -0.05) is 29.3 Å². The van der Waals surface area contributed by atoms with Crippen molar-refractivity contribution in [3.05, 3.63) is 64.8 Å². The van der Waals surface area contributed by atoms with Crippen molar-refractivity contribution < 1.29 is 9.72 Å². The second-order valence-corrected chi connectivity index (χ2v) is 8.44. The van der Waals surface area contributed by atoms with E-state index in [1.807, 2.05) is 0 Å². The van der Waals surface area contributed by atoms with Gasteiger partial charge in [0.1, 0.15) is 11.0 Å². The highest BCUT2D eigenvalue weighted by molar-refractivity contribution is 9.11. The molecule has 0 saturated heterocycles. The van der Waals surface area contributed by atoms with Crippen molar-refractivity contribution in [3.8, 4) is 0 Å². The van der Waals surface area contributed by atoms with Gasteiger partial charge in [-0.3, -0.25) is 9.48 Å². The fourth-order valence-electron chi connectivity index (χ4n) is 2.47. The van der Waals surface area contributed by atoms with E-state index >= 15 is 0 Å². The van der Waals surface area contributed by atoms with E-state index in [-0.39, 0.29) is 16.8 Å². The van der Waals surface area contributed by atoms with Gasteiger partial charge in [0.25, 0.3) is 0 Å². The SMILES string of the molecule is Cc1c(Br)c([N+](=O)[O-])nn1CC(=O)Nc1nn(Cc2ccc(Cl)cc2Cl)cc1Br. The summed E-state index contributed by atoms with van der Waals surface area (Å²) in [5.41, 5.74) is 1.28. The Morgan fingerprint density at radius 1 is 1.31 bits per heavy atom. The molecule has 13 heteroatoms. The van der Waals surface area contributed by atoms with E-state index in [0.29, 0.717) is 32.6 Å². The maximum atomic E-state index is 12.4. The number of halogens is 4. The number of carbonyl (C=O) groups is 1. The molecule has 2 aromatic heterocycles. The Bertz CT molecular complexity index is 1110. The first kappa shape index (κ1) is 21.8. The van der Waals surface area contributed by atoms with Crippen LogP contribution in [0, 0.1) is 17.0 Å². The molecule has 29 heavy (non-hydrogen) atoms. The molecule has 9 nitrogen and oxygen atoms in total. The molecule has 0 unspecified atom stereocenters. The number of hydrogen-bond donors (Lipinski definition) is 1. The monoisotopic (exact) mass is 564 g/mol. The van der Waals surface area contributed by atoms with Crippen LogP contribution in [0.5, 0.6) is 0 Å². The van der Waals surface area contributed by atoms with Gasteiger partial charge in [-0.25, -0.2) is 0 Å². The summed E-state index contributed by atoms with van der Waals surface area (Å²) in [6.07, 6.45) is 1.70. The van der Waals surface area contributed by atoms with Crippen molar-refractivity contribution in [2.45, 2.75) is 20.0 Å². The van der Waals surface area contributed by atoms with Crippen molar-refractivity contribution in [2.24, 2.45) is 0 Å². The molecule has 1 aromatic carbocycles. The van der Waals surface area contributed by atoms with E-state index in [2.05, 4.69) is 47.4 Å². The number of aromatic nitrogens is 4. The van der Waals surface area contributed by atoms with Crippen molar-refractivity contribution in [2.75, 3.05) is 5.32 Å². The summed E-state index contributed by atoms with van der Waals surface area (Å²) in [5.74, 6) is -0.479. The summed E-state index contributed by atoms with van der Waals surface area (Å²) >= 11 is 18.6. The lowest BCUT2D eigenvalue weighted by atomic mass is 10.2. The third-order valence-corrected chi connectivity index (χ3v) is 6.00. The standard InChI is InChI=1S/C16H12Br2Cl2N6O3/c1-8-14(18)16(26(28)29)23-25(8)7-13(27)21-15-11(17)6-24(22-15)5-9-2-3-10(19)4-12(9)20/h2-4,6H,5,7H2,1H3,(H,21,22,27). The van der Waals surface area contributed by atoms with Gasteiger partial charge in [0.2, 0.25) is 5.91 Å². The van der Waals surface area contributed by atoms with Crippen LogP contribution >= 0.6 is 55.1 Å². The summed E-state index contributed by atoms with van der Waals surface area (Å²) in [6.45, 7) is 1.79. The molecule has 1 N–H and O–H groups in total. The number of carbonyl (C=O) groups excluding carboxylic acids is 1. The highest BCUT2D eigenvalue weighted by atomic mass is 79.9. The fraction of sp³-hybridized carbons (Fsp3) is 0.188. The number of benzene rings is 1. The second-order valence-electron chi connectivity index (χ2n) is 5.94. The molecule has 0 aliphatic carbocycles. The van der Waals surface area contributed by atoms with E-state index in [0.717, 1.165) is 5.56 Å². The first-order valence-electron chi connectivity index (χ1n) is 7.99. The first-order chi connectivity index (χ1) is 13.7. The highest BCUT2D eigenvalue weighted by Crippen LogP contribution is 2.27. The summed E-state index contributed by atoms with van der Waals surface area (Å²) in [6, 6.07) is 5.17. The molecule has 0 aliphatic rings. The maximum absolute atomic E-state index is 12.4. The van der Waals surface area contributed by atoms with E-state index in [4.69, 9.17) is 23.2 Å². The Morgan fingerprint density at radius 3 is 2.66 bits per heavy atom. The Balaban J connectivity index is 1.72. The summed E-state index contributed by atoms with van der Waals surface area (Å²) in [5, 5.41) is 22.8. The van der Waals surface area contributed by atoms with Gasteiger partial charge in [-0.15, -0.1) is 0 Å². The van der Waals surface area contributed by atoms with Gasteiger partial charge in [0.15, 0.2) is 5.82 Å². The number of nitrogens with one attached hydrogen (secondary N) is 1. The van der Waals surface area contributed by atoms with E-state index < -0.39 is 10.8 Å². The predicted molar refractivity (Wildman–Crippen MR) is 115 cm³/mol. The summed E-state index contributed by atoms with van der Waals surface area (Å²) < 4.78 is 3.66. The van der Waals surface area contributed by atoms with Gasteiger partial charge in [-0.2, -0.15) is 9.78 Å². The lowest BCUT2D eigenvalue weighted by molar-refractivity contribution is -0.390. The number of amides is 1. The van der Waals surface area contributed by atoms with Crippen LogP contribution in [-0.4, -0.2) is 30.4 Å². The minimum Gasteiger partial charge on any atom is -0.358 e. The highest BCUT2D eigenvalue weighted by Gasteiger charge is 2.25. The third-order valence-electron chi connectivity index (χ3n) is 3.91. The lowest BCUT2D eigenvalue weighted by Crippen LogP contribution is -2.21. The molecule has 1 amide bonds. The minimum absolute atomic E-state index is 0.208. The zero-order chi connectivity index (χ0) is 21.3. The van der Waals surface area contributed by atoms with Gasteiger partial charge in [0, 0.05) is 16.2 Å². The van der Waals surface area contributed by atoms with E-state index in [9.17, 15) is 14.9 Å². The molecule has 0 fully saturated rings. The van der Waals surface area contributed by atoms with Crippen LogP contribution < -0.4 is 5.32 Å². The van der Waals surface area contributed by atoms with Gasteiger partial charge >= 0.3 is 5.82 Å². The third kappa shape index (κ3) is 4.97. The zero-order valence-corrected chi connectivity index (χ0v) is 19.4. The van der Waals surface area contributed by atoms with Crippen LogP contribution in [0.3, 0.4) is 0 Å². The van der Waals surface area contributed by atoms with Crippen molar-refractivity contribution in [1.29, 1.82) is 0 Å². The first-order valence-corrected chi connectivity index (χ1v) is 10.3. The Labute approximate surface area is 191 Å². The zero-order valence-electron chi connectivity index (χ0n) is 14.7. The quantitative estimate of drug-likeness (QED) is 0.340. The maximum Gasteiger partial charge on any atom is 0.404 e. The topological polar surface area (TPSA) is 108 Å². The minimum atomic E-state index is -0.619. The Hall–Kier alpha value is -1.95. The van der Waals surface area contributed by atoms with Gasteiger partial charge in [0.05, 0.1) is 21.8 Å². The number of rotatable bonds is 6. The molecular formula is C16H12Br2Cl2N6O3. The molecule has 0 radical (unpaired) electrons. The molecule has 152 valence electrons. The second kappa shape index (κ2) is 8.82. The van der Waals surface area contributed by atoms with E-state index in [1.165, 1.54) is 4.68 Å². The van der Waals surface area contributed by atoms with Crippen LogP contribution in [0.2, 0.25) is 10.0 Å². The Kier molecular flexibility index (Phi) is 6.62. The molecular weight excluding hydrogens is 555 g/mol. The van der Waals surface area contributed by atoms with Crippen LogP contribution in [0.15, 0.2) is 33.3 Å². The molecule has 2 heterocycles. The van der Waals surface area contributed by atoms with Crippen molar-refractivity contribution in [1.82, 2.24) is 19.6 Å². The summed E-state index contributed by atoms with van der Waals surface area (Å²) in [4.78, 5) is 22.7. The molecule has 3 aromatic rings. The van der Waals surface area contributed by atoms with Crippen LogP contribution in [-0.2, 0) is 17.9 Å². The molecule has 0 spiro atoms. The van der Waals surface area contributed by atoms with Crippen LogP contribution in [0.1, 0.15) is 11.3 Å². The number of hydrogen-bond acceptors (Lipinski definition) is 5. The molecule has 3 rings (SSSR count). The van der Waals surface area contributed by atoms with Gasteiger partial charge < -0.3 is 15.4 Å². The van der Waals surface area contributed by atoms with Crippen molar-refractivity contribution in [3.63, 3.8) is 0 Å². The number of nitrogens with zero attached hydrogens (tertiary/aromatic N) is 5. The molecule has 0 saturated carbocycles. The van der Waals surface area contributed by atoms with Crippen LogP contribution in [0.4, 0.5) is 11.6 Å². The smallest absolute Gasteiger partial charge is 0.358 e. The summed E-state index contributed by atoms with van der Waals surface area (Å²) in [7, 11) is 0. The molecule has 0 bridgehead atoms. The van der Waals surface area contributed by atoms with Crippen molar-refractivity contribution >= 4 is 72.6 Å². The average Bonchev–Trinajstić information content (AvgIpc) is 3.11. The fourth-order valence-corrected chi connectivity index (χ4v) is 3.79. The average molecular weight is 567 g/mol. The number of anilines is 1. The number of nitro groups is 1. The lowest BCUT2D eigenvalue weighted by Gasteiger charge is -2.05. The Morgan fingerprint density at radius 2 is 2.03 bits per heavy atom. The predicted octanol–water partition coefficient (Wildman–Crippen LogP) is 4.82. The van der Waals surface area contributed by atoms with Gasteiger partial charge in [-0.05, 0) is 61.4 Å². The largest absolute Gasteiger partial charge is 0.404 e. The van der Waals surface area contributed by atoms with E-state index in [1.54, 1.807) is 36.0 Å².